The Kier molecular flexibility index (Phi) is 5.31. The molecule has 0 fully saturated rings. The van der Waals surface area contributed by atoms with Crippen LogP contribution >= 0.6 is 0 Å². The quantitative estimate of drug-likeness (QED) is 0.762. The molecule has 88 valence electrons. The van der Waals surface area contributed by atoms with Crippen LogP contribution in [0.5, 0.6) is 5.88 Å². The summed E-state index contributed by atoms with van der Waals surface area (Å²) in [4.78, 5) is 4.14. The van der Waals surface area contributed by atoms with Crippen molar-refractivity contribution in [2.45, 2.75) is 13.8 Å². The van der Waals surface area contributed by atoms with Gasteiger partial charge in [0.2, 0.25) is 5.88 Å². The second kappa shape index (κ2) is 5.72. The van der Waals surface area contributed by atoms with E-state index in [4.69, 9.17) is 9.29 Å². The molecule has 0 atom stereocenters. The van der Waals surface area contributed by atoms with Gasteiger partial charge in [-0.15, -0.1) is 0 Å². The van der Waals surface area contributed by atoms with E-state index in [0.29, 0.717) is 18.7 Å². The van der Waals surface area contributed by atoms with Crippen LogP contribution in [0, 0.1) is 6.92 Å². The van der Waals surface area contributed by atoms with Gasteiger partial charge in [-0.3, -0.25) is 4.55 Å². The molecule has 1 aromatic heterocycles. The Balaban J connectivity index is 0.000000336. The molecule has 0 unspecified atom stereocenters. The highest BCUT2D eigenvalue weighted by atomic mass is 32.2. The minimum Gasteiger partial charge on any atom is -0.477 e. The van der Waals surface area contributed by atoms with Gasteiger partial charge in [0.05, 0.1) is 19.1 Å². The molecule has 1 N–H and O–H groups in total. The second-order valence-electron chi connectivity index (χ2n) is 2.90. The lowest BCUT2D eigenvalue weighted by Gasteiger charge is -1.93. The summed E-state index contributed by atoms with van der Waals surface area (Å²) in [5.41, 5.74) is 0. The number of hydrogen-bond donors (Lipinski definition) is 1. The number of aromatic nitrogens is 2. The van der Waals surface area contributed by atoms with Gasteiger partial charge in [0.25, 0.3) is 10.1 Å². The fraction of sp³-hybridized carbons (Fsp3) is 0.625. The SMILES string of the molecule is CCOc1cn(C)c(C)n1.CS(=O)(=O)O. The zero-order chi connectivity index (χ0) is 12.1. The lowest BCUT2D eigenvalue weighted by molar-refractivity contribution is 0.328. The average Bonchev–Trinajstić information content (AvgIpc) is 2.28. The van der Waals surface area contributed by atoms with Crippen molar-refractivity contribution in [2.24, 2.45) is 7.05 Å². The van der Waals surface area contributed by atoms with Gasteiger partial charge in [-0.1, -0.05) is 0 Å². The van der Waals surface area contributed by atoms with E-state index in [-0.39, 0.29) is 0 Å². The van der Waals surface area contributed by atoms with E-state index < -0.39 is 10.1 Å². The number of aryl methyl sites for hydroxylation is 2. The molecule has 0 aliphatic heterocycles. The van der Waals surface area contributed by atoms with Crippen molar-refractivity contribution in [3.05, 3.63) is 12.0 Å². The van der Waals surface area contributed by atoms with E-state index in [0.717, 1.165) is 5.82 Å². The summed E-state index contributed by atoms with van der Waals surface area (Å²) in [5.74, 6) is 1.69. The van der Waals surface area contributed by atoms with Crippen LogP contribution in [0.15, 0.2) is 6.20 Å². The van der Waals surface area contributed by atoms with Crippen LogP contribution in [0.1, 0.15) is 12.7 Å². The van der Waals surface area contributed by atoms with Crippen LogP contribution in [0.4, 0.5) is 0 Å². The maximum Gasteiger partial charge on any atom is 0.261 e. The first-order chi connectivity index (χ1) is 6.74. The van der Waals surface area contributed by atoms with E-state index in [1.54, 1.807) is 0 Å². The molecule has 0 saturated carbocycles. The highest BCUT2D eigenvalue weighted by Gasteiger charge is 1.98. The average molecular weight is 236 g/mol. The van der Waals surface area contributed by atoms with Crippen LogP contribution in [0.3, 0.4) is 0 Å². The van der Waals surface area contributed by atoms with Crippen molar-refractivity contribution >= 4 is 10.1 Å². The third-order valence-corrected chi connectivity index (χ3v) is 1.38. The molecule has 1 aromatic rings. The summed E-state index contributed by atoms with van der Waals surface area (Å²) in [5, 5.41) is 0. The van der Waals surface area contributed by atoms with Gasteiger partial charge in [-0.2, -0.15) is 13.4 Å². The predicted molar refractivity (Wildman–Crippen MR) is 56.6 cm³/mol. The first-order valence-corrected chi connectivity index (χ1v) is 6.14. The number of hydrogen-bond acceptors (Lipinski definition) is 4. The van der Waals surface area contributed by atoms with Gasteiger partial charge >= 0.3 is 0 Å². The summed E-state index contributed by atoms with van der Waals surface area (Å²) < 4.78 is 33.0. The molecule has 6 nitrogen and oxygen atoms in total. The van der Waals surface area contributed by atoms with Crippen molar-refractivity contribution in [1.29, 1.82) is 0 Å². The summed E-state index contributed by atoms with van der Waals surface area (Å²) in [6, 6.07) is 0. The standard InChI is InChI=1S/C7H12N2O.CH4O3S/c1-4-10-7-5-9(3)6(2)8-7;1-5(2,3)4/h5H,4H2,1-3H3;1H3,(H,2,3,4). The molecule has 15 heavy (non-hydrogen) atoms. The van der Waals surface area contributed by atoms with Gasteiger partial charge in [0.15, 0.2) is 0 Å². The van der Waals surface area contributed by atoms with Crippen LogP contribution < -0.4 is 4.74 Å². The summed E-state index contributed by atoms with van der Waals surface area (Å²) in [7, 11) is -1.72. The Labute approximate surface area is 89.6 Å². The normalized spacial score (nSPS) is 10.5. The van der Waals surface area contributed by atoms with E-state index in [2.05, 4.69) is 4.98 Å². The molecule has 0 aliphatic carbocycles. The van der Waals surface area contributed by atoms with E-state index >= 15 is 0 Å². The molecule has 0 aromatic carbocycles. The third kappa shape index (κ3) is 7.95. The van der Waals surface area contributed by atoms with Crippen molar-refractivity contribution in [3.63, 3.8) is 0 Å². The molecule has 1 rings (SSSR count). The summed E-state index contributed by atoms with van der Waals surface area (Å²) in [6.45, 7) is 4.57. The fourth-order valence-corrected chi connectivity index (χ4v) is 0.744. The largest absolute Gasteiger partial charge is 0.477 e. The lowest BCUT2D eigenvalue weighted by atomic mass is 10.7. The smallest absolute Gasteiger partial charge is 0.261 e. The topological polar surface area (TPSA) is 81.4 Å². The molecule has 0 aliphatic rings. The maximum atomic E-state index is 9.19. The Morgan fingerprint density at radius 2 is 2.07 bits per heavy atom. The van der Waals surface area contributed by atoms with Crippen LogP contribution in [-0.4, -0.2) is 35.4 Å². The highest BCUT2D eigenvalue weighted by Crippen LogP contribution is 2.07. The van der Waals surface area contributed by atoms with Crippen LogP contribution in [-0.2, 0) is 17.2 Å². The molecule has 0 amide bonds. The van der Waals surface area contributed by atoms with Crippen LogP contribution in [0.2, 0.25) is 0 Å². The van der Waals surface area contributed by atoms with Crippen LogP contribution in [0.25, 0.3) is 0 Å². The number of ether oxygens (including phenoxy) is 1. The highest BCUT2D eigenvalue weighted by molar-refractivity contribution is 7.85. The second-order valence-corrected chi connectivity index (χ2v) is 4.37. The molecule has 0 saturated heterocycles. The zero-order valence-electron chi connectivity index (χ0n) is 9.26. The molecule has 0 spiro atoms. The van der Waals surface area contributed by atoms with Crippen molar-refractivity contribution in [3.8, 4) is 5.88 Å². The Morgan fingerprint density at radius 1 is 1.60 bits per heavy atom. The van der Waals surface area contributed by atoms with Gasteiger partial charge in [0.1, 0.15) is 5.82 Å². The van der Waals surface area contributed by atoms with E-state index in [1.807, 2.05) is 31.7 Å². The predicted octanol–water partition coefficient (Wildman–Crippen LogP) is 0.631. The van der Waals surface area contributed by atoms with Gasteiger partial charge in [-0.25, -0.2) is 0 Å². The molecule has 7 heteroatoms. The number of imidazole rings is 1. The van der Waals surface area contributed by atoms with E-state index in [9.17, 15) is 8.42 Å². The van der Waals surface area contributed by atoms with Gasteiger partial charge in [-0.05, 0) is 13.8 Å². The van der Waals surface area contributed by atoms with Crippen molar-refractivity contribution in [1.82, 2.24) is 9.55 Å². The van der Waals surface area contributed by atoms with E-state index in [1.165, 1.54) is 0 Å². The van der Waals surface area contributed by atoms with Gasteiger partial charge in [0, 0.05) is 7.05 Å². The monoisotopic (exact) mass is 236 g/mol. The number of rotatable bonds is 2. The summed E-state index contributed by atoms with van der Waals surface area (Å²) in [6.07, 6.45) is 2.59. The Hall–Kier alpha value is -1.08. The lowest BCUT2D eigenvalue weighted by Crippen LogP contribution is -1.90. The minimum absolute atomic E-state index is 0.677. The third-order valence-electron chi connectivity index (χ3n) is 1.38. The Bertz CT molecular complexity index is 369. The molecular weight excluding hydrogens is 220 g/mol. The van der Waals surface area contributed by atoms with Gasteiger partial charge < -0.3 is 9.30 Å². The first-order valence-electron chi connectivity index (χ1n) is 4.29. The van der Waals surface area contributed by atoms with Crippen molar-refractivity contribution < 1.29 is 17.7 Å². The van der Waals surface area contributed by atoms with Crippen molar-refractivity contribution in [2.75, 3.05) is 12.9 Å². The molecule has 0 radical (unpaired) electrons. The zero-order valence-corrected chi connectivity index (χ0v) is 10.1. The molecule has 1 heterocycles. The number of nitrogens with zero attached hydrogens (tertiary/aromatic N) is 2. The molecule has 0 bridgehead atoms. The Morgan fingerprint density at radius 3 is 2.33 bits per heavy atom. The summed E-state index contributed by atoms with van der Waals surface area (Å²) >= 11 is 0. The first kappa shape index (κ1) is 13.9. The molecular formula is C8H16N2O4S. The maximum absolute atomic E-state index is 9.19. The fourth-order valence-electron chi connectivity index (χ4n) is 0.744. The minimum atomic E-state index is -3.67.